The van der Waals surface area contributed by atoms with Crippen molar-refractivity contribution in [2.24, 2.45) is 23.2 Å². The number of amides is 2. The first-order chi connectivity index (χ1) is 12.0. The summed E-state index contributed by atoms with van der Waals surface area (Å²) in [7, 11) is 1.42. The van der Waals surface area contributed by atoms with Crippen LogP contribution in [0.4, 0.5) is 0 Å². The van der Waals surface area contributed by atoms with Crippen LogP contribution in [0.25, 0.3) is 0 Å². The number of hydrogen-bond acceptors (Lipinski definition) is 5. The van der Waals surface area contributed by atoms with E-state index in [2.05, 4.69) is 11.9 Å². The Kier molecular flexibility index (Phi) is 2.70. The molecule has 3 aliphatic carbocycles. The molecule has 1 spiro atoms. The minimum absolute atomic E-state index is 0.201. The van der Waals surface area contributed by atoms with E-state index in [9.17, 15) is 14.4 Å². The number of aromatic nitrogens is 1. The summed E-state index contributed by atoms with van der Waals surface area (Å²) in [5.41, 5.74) is -0.0164. The molecule has 130 valence electrons. The van der Waals surface area contributed by atoms with Crippen molar-refractivity contribution in [1.82, 2.24) is 9.88 Å². The zero-order valence-corrected chi connectivity index (χ0v) is 14.3. The Bertz CT molecular complexity index is 801. The minimum atomic E-state index is -0.540. The number of nitrogens with zero attached hydrogens (tertiary/aromatic N) is 2. The van der Waals surface area contributed by atoms with E-state index in [1.165, 1.54) is 18.2 Å². The molecule has 1 aromatic heterocycles. The molecular formula is C19H20N2O4. The number of imide groups is 1. The first-order valence-corrected chi connectivity index (χ1v) is 8.87. The highest BCUT2D eigenvalue weighted by Crippen LogP contribution is 2.79. The van der Waals surface area contributed by atoms with Gasteiger partial charge in [-0.1, -0.05) is 6.92 Å². The van der Waals surface area contributed by atoms with Crippen LogP contribution in [0.1, 0.15) is 53.3 Å². The van der Waals surface area contributed by atoms with E-state index in [1.807, 2.05) is 0 Å². The van der Waals surface area contributed by atoms with Crippen LogP contribution in [-0.4, -0.2) is 40.3 Å². The summed E-state index contributed by atoms with van der Waals surface area (Å²) in [5.74, 6) is -0.111. The lowest BCUT2D eigenvalue weighted by molar-refractivity contribution is -0.238. The summed E-state index contributed by atoms with van der Waals surface area (Å²) >= 11 is 0. The number of rotatable bonds is 2. The molecule has 0 bridgehead atoms. The van der Waals surface area contributed by atoms with E-state index < -0.39 is 5.54 Å². The van der Waals surface area contributed by atoms with Crippen LogP contribution in [0.15, 0.2) is 18.5 Å². The van der Waals surface area contributed by atoms with Crippen LogP contribution in [0.2, 0.25) is 0 Å². The van der Waals surface area contributed by atoms with E-state index in [1.54, 1.807) is 12.3 Å². The van der Waals surface area contributed by atoms with Crippen molar-refractivity contribution in [3.8, 4) is 0 Å². The zero-order chi connectivity index (χ0) is 17.6. The smallest absolute Gasteiger partial charge is 0.309 e. The highest BCUT2D eigenvalue weighted by atomic mass is 16.5. The van der Waals surface area contributed by atoms with Gasteiger partial charge in [0, 0.05) is 17.8 Å². The van der Waals surface area contributed by atoms with E-state index >= 15 is 0 Å². The van der Waals surface area contributed by atoms with Gasteiger partial charge in [-0.15, -0.1) is 0 Å². The molecule has 0 saturated heterocycles. The van der Waals surface area contributed by atoms with Crippen molar-refractivity contribution in [3.05, 3.63) is 29.6 Å². The largest absolute Gasteiger partial charge is 0.469 e. The van der Waals surface area contributed by atoms with Crippen molar-refractivity contribution in [2.75, 3.05) is 7.11 Å². The standard InChI is InChI=1S/C19H20N2O4/c1-10-6-18(8-11-5-14(17(24)25-2)19(11,18)7-10)21-15(22)12-3-4-20-9-13(12)16(21)23/h3-4,9-11,14H,5-8H2,1-2H3. The molecule has 25 heavy (non-hydrogen) atoms. The Morgan fingerprint density at radius 1 is 1.24 bits per heavy atom. The molecule has 4 aliphatic rings. The van der Waals surface area contributed by atoms with E-state index in [-0.39, 0.29) is 29.1 Å². The van der Waals surface area contributed by atoms with Gasteiger partial charge in [0.2, 0.25) is 0 Å². The van der Waals surface area contributed by atoms with Crippen molar-refractivity contribution >= 4 is 17.8 Å². The predicted molar refractivity (Wildman–Crippen MR) is 86.5 cm³/mol. The highest BCUT2D eigenvalue weighted by molar-refractivity contribution is 6.22. The Hall–Kier alpha value is -2.24. The summed E-state index contributed by atoms with van der Waals surface area (Å²) < 4.78 is 5.03. The van der Waals surface area contributed by atoms with Gasteiger partial charge in [0.15, 0.2) is 0 Å². The van der Waals surface area contributed by atoms with Gasteiger partial charge >= 0.3 is 5.97 Å². The third-order valence-electron chi connectivity index (χ3n) is 7.30. The fourth-order valence-corrected chi connectivity index (χ4v) is 6.58. The molecule has 3 fully saturated rings. The second kappa shape index (κ2) is 4.48. The van der Waals surface area contributed by atoms with Crippen LogP contribution in [0.5, 0.6) is 0 Å². The predicted octanol–water partition coefficient (Wildman–Crippen LogP) is 2.05. The zero-order valence-electron chi connectivity index (χ0n) is 14.3. The molecule has 0 N–H and O–H groups in total. The molecule has 6 heteroatoms. The quantitative estimate of drug-likeness (QED) is 0.608. The van der Waals surface area contributed by atoms with E-state index in [4.69, 9.17) is 4.74 Å². The lowest BCUT2D eigenvalue weighted by atomic mass is 9.34. The minimum Gasteiger partial charge on any atom is -0.469 e. The maximum Gasteiger partial charge on any atom is 0.309 e. The summed E-state index contributed by atoms with van der Waals surface area (Å²) in [6.07, 6.45) is 6.29. The average molecular weight is 340 g/mol. The van der Waals surface area contributed by atoms with Crippen molar-refractivity contribution in [3.63, 3.8) is 0 Å². The first kappa shape index (κ1) is 15.0. The van der Waals surface area contributed by atoms with E-state index in [0.717, 1.165) is 25.7 Å². The summed E-state index contributed by atoms with van der Waals surface area (Å²) in [5, 5.41) is 0. The number of ether oxygens (including phenoxy) is 1. The van der Waals surface area contributed by atoms with Crippen LogP contribution in [0.3, 0.4) is 0 Å². The molecule has 2 amide bonds. The fraction of sp³-hybridized carbons (Fsp3) is 0.579. The molecule has 2 heterocycles. The van der Waals surface area contributed by atoms with Gasteiger partial charge in [-0.2, -0.15) is 0 Å². The molecule has 1 aromatic rings. The normalized spacial score (nSPS) is 40.7. The molecule has 5 unspecified atom stereocenters. The summed E-state index contributed by atoms with van der Waals surface area (Å²) in [4.78, 5) is 44.0. The van der Waals surface area contributed by atoms with Gasteiger partial charge in [0.1, 0.15) is 0 Å². The molecular weight excluding hydrogens is 320 g/mol. The number of esters is 1. The second-order valence-electron chi connectivity index (χ2n) is 8.16. The maximum absolute atomic E-state index is 13.1. The van der Waals surface area contributed by atoms with Crippen LogP contribution < -0.4 is 0 Å². The van der Waals surface area contributed by atoms with Gasteiger partial charge < -0.3 is 4.74 Å². The second-order valence-corrected chi connectivity index (χ2v) is 8.16. The summed E-state index contributed by atoms with van der Waals surface area (Å²) in [6.45, 7) is 2.15. The number of carbonyl (C=O) groups is 3. The van der Waals surface area contributed by atoms with Crippen LogP contribution in [-0.2, 0) is 9.53 Å². The van der Waals surface area contributed by atoms with Crippen molar-refractivity contribution in [2.45, 2.75) is 38.1 Å². The van der Waals surface area contributed by atoms with Gasteiger partial charge in [-0.05, 0) is 43.6 Å². The molecule has 1 aliphatic heterocycles. The molecule has 0 aromatic carbocycles. The molecule has 0 radical (unpaired) electrons. The lowest BCUT2D eigenvalue weighted by Crippen LogP contribution is -2.78. The van der Waals surface area contributed by atoms with Crippen molar-refractivity contribution < 1.29 is 19.1 Å². The van der Waals surface area contributed by atoms with Gasteiger partial charge in [-0.25, -0.2) is 0 Å². The monoisotopic (exact) mass is 340 g/mol. The van der Waals surface area contributed by atoms with E-state index in [0.29, 0.717) is 23.0 Å². The van der Waals surface area contributed by atoms with Gasteiger partial charge in [0.25, 0.3) is 11.8 Å². The molecule has 3 saturated carbocycles. The Balaban J connectivity index is 1.61. The maximum atomic E-state index is 13.1. The molecule has 6 nitrogen and oxygen atoms in total. The van der Waals surface area contributed by atoms with Crippen LogP contribution >= 0.6 is 0 Å². The Labute approximate surface area is 145 Å². The van der Waals surface area contributed by atoms with Crippen molar-refractivity contribution in [1.29, 1.82) is 0 Å². The number of hydrogen-bond donors (Lipinski definition) is 0. The fourth-order valence-electron chi connectivity index (χ4n) is 6.58. The third kappa shape index (κ3) is 1.44. The van der Waals surface area contributed by atoms with Gasteiger partial charge in [-0.3, -0.25) is 24.3 Å². The highest BCUT2D eigenvalue weighted by Gasteiger charge is 2.82. The third-order valence-corrected chi connectivity index (χ3v) is 7.30. The van der Waals surface area contributed by atoms with Crippen LogP contribution in [0, 0.1) is 23.2 Å². The molecule has 5 rings (SSSR count). The lowest BCUT2D eigenvalue weighted by Gasteiger charge is -2.72. The number of carbonyl (C=O) groups excluding carboxylic acids is 3. The Morgan fingerprint density at radius 2 is 2.00 bits per heavy atom. The summed E-state index contributed by atoms with van der Waals surface area (Å²) in [6, 6.07) is 1.62. The molecule has 5 atom stereocenters. The number of fused-ring (bicyclic) bond motifs is 1. The topological polar surface area (TPSA) is 76.6 Å². The SMILES string of the molecule is COC(=O)C1CC2CC3(N4C(=O)c5ccncc5C4=O)CC(C)CC213. The van der Waals surface area contributed by atoms with Gasteiger partial charge in [0.05, 0.1) is 29.7 Å². The average Bonchev–Trinajstić information content (AvgIpc) is 3.03. The first-order valence-electron chi connectivity index (χ1n) is 8.87. The number of pyridine rings is 1. The number of methoxy groups -OCH3 is 1. The Morgan fingerprint density at radius 3 is 2.68 bits per heavy atom.